The van der Waals surface area contributed by atoms with Crippen LogP contribution in [-0.4, -0.2) is 11.8 Å². The summed E-state index contributed by atoms with van der Waals surface area (Å²) in [6, 6.07) is 20.6. The summed E-state index contributed by atoms with van der Waals surface area (Å²) in [5.41, 5.74) is 1.82. The molecule has 134 valence electrons. The van der Waals surface area contributed by atoms with Gasteiger partial charge in [0, 0.05) is 15.1 Å². The first-order valence-corrected chi connectivity index (χ1v) is 9.25. The van der Waals surface area contributed by atoms with Gasteiger partial charge in [-0.1, -0.05) is 41.9 Å². The van der Waals surface area contributed by atoms with Crippen LogP contribution >= 0.6 is 27.5 Å². The van der Waals surface area contributed by atoms with E-state index in [0.29, 0.717) is 26.4 Å². The molecule has 0 spiro atoms. The highest BCUT2D eigenvalue weighted by Gasteiger charge is 2.12. The van der Waals surface area contributed by atoms with E-state index in [1.54, 1.807) is 60.7 Å². The van der Waals surface area contributed by atoms with Crippen molar-refractivity contribution in [3.8, 4) is 5.75 Å². The molecule has 0 aromatic heterocycles. The fourth-order valence-corrected chi connectivity index (χ4v) is 2.89. The average molecular weight is 442 g/mol. The molecule has 0 bridgehead atoms. The Morgan fingerprint density at radius 1 is 0.889 bits per heavy atom. The predicted molar refractivity (Wildman–Crippen MR) is 110 cm³/mol. The van der Waals surface area contributed by atoms with Gasteiger partial charge in [-0.25, -0.2) is 4.79 Å². The Balaban J connectivity index is 1.66. The number of hydrogen-bond donors (Lipinski definition) is 0. The van der Waals surface area contributed by atoms with Crippen LogP contribution in [0.15, 0.2) is 83.3 Å². The third-order valence-electron chi connectivity index (χ3n) is 3.74. The third-order valence-corrected chi connectivity index (χ3v) is 4.68. The van der Waals surface area contributed by atoms with E-state index in [4.69, 9.17) is 16.3 Å². The number of allylic oxidation sites excluding steroid dienone is 1. The van der Waals surface area contributed by atoms with Gasteiger partial charge >= 0.3 is 5.97 Å². The summed E-state index contributed by atoms with van der Waals surface area (Å²) >= 11 is 9.16. The SMILES string of the molecule is O=C(/C=C/c1ccc(Cl)cc1)c1ccc(OC(=O)c2ccccc2Br)cc1. The van der Waals surface area contributed by atoms with Gasteiger partial charge in [0.05, 0.1) is 5.56 Å². The van der Waals surface area contributed by atoms with Gasteiger partial charge in [-0.3, -0.25) is 4.79 Å². The van der Waals surface area contributed by atoms with E-state index in [1.165, 1.54) is 6.08 Å². The third kappa shape index (κ3) is 5.16. The lowest BCUT2D eigenvalue weighted by atomic mass is 10.1. The van der Waals surface area contributed by atoms with Gasteiger partial charge in [0.15, 0.2) is 5.78 Å². The van der Waals surface area contributed by atoms with Gasteiger partial charge in [-0.15, -0.1) is 0 Å². The fourth-order valence-electron chi connectivity index (χ4n) is 2.32. The molecule has 0 N–H and O–H groups in total. The van der Waals surface area contributed by atoms with Crippen molar-refractivity contribution in [2.24, 2.45) is 0 Å². The summed E-state index contributed by atoms with van der Waals surface area (Å²) in [6.45, 7) is 0. The molecule has 0 atom stereocenters. The van der Waals surface area contributed by atoms with Crippen LogP contribution in [-0.2, 0) is 0 Å². The van der Waals surface area contributed by atoms with Crippen molar-refractivity contribution in [1.82, 2.24) is 0 Å². The predicted octanol–water partition coefficient (Wildman–Crippen LogP) is 6.22. The van der Waals surface area contributed by atoms with Gasteiger partial charge in [0.25, 0.3) is 0 Å². The molecule has 0 amide bonds. The highest BCUT2D eigenvalue weighted by atomic mass is 79.9. The van der Waals surface area contributed by atoms with Crippen LogP contribution in [0, 0.1) is 0 Å². The van der Waals surface area contributed by atoms with E-state index < -0.39 is 5.97 Å². The summed E-state index contributed by atoms with van der Waals surface area (Å²) in [4.78, 5) is 24.5. The van der Waals surface area contributed by atoms with Crippen molar-refractivity contribution < 1.29 is 14.3 Å². The molecule has 3 aromatic rings. The molecule has 5 heteroatoms. The van der Waals surface area contributed by atoms with Crippen molar-refractivity contribution in [3.05, 3.63) is 105 Å². The zero-order chi connectivity index (χ0) is 19.2. The zero-order valence-electron chi connectivity index (χ0n) is 14.1. The molecule has 0 saturated carbocycles. The van der Waals surface area contributed by atoms with Crippen molar-refractivity contribution in [1.29, 1.82) is 0 Å². The largest absolute Gasteiger partial charge is 0.423 e. The van der Waals surface area contributed by atoms with Gasteiger partial charge in [-0.05, 0) is 76.1 Å². The molecule has 0 aliphatic rings. The standard InChI is InChI=1S/C22H14BrClO3/c23-20-4-2-1-3-19(20)22(26)27-18-12-8-16(9-13-18)21(25)14-7-15-5-10-17(24)11-6-15/h1-14H/b14-7+. The lowest BCUT2D eigenvalue weighted by Gasteiger charge is -2.06. The summed E-state index contributed by atoms with van der Waals surface area (Å²) in [7, 11) is 0. The maximum atomic E-state index is 12.3. The van der Waals surface area contributed by atoms with Crippen molar-refractivity contribution in [2.75, 3.05) is 0 Å². The number of rotatable bonds is 5. The number of ketones is 1. The number of carbonyl (C=O) groups excluding carboxylic acids is 2. The first-order chi connectivity index (χ1) is 13.0. The van der Waals surface area contributed by atoms with Crippen molar-refractivity contribution >= 4 is 45.4 Å². The summed E-state index contributed by atoms with van der Waals surface area (Å²) in [5, 5.41) is 0.645. The maximum Gasteiger partial charge on any atom is 0.344 e. The molecular formula is C22H14BrClO3. The topological polar surface area (TPSA) is 43.4 Å². The Kier molecular flexibility index (Phi) is 6.22. The molecule has 0 saturated heterocycles. The van der Waals surface area contributed by atoms with Crippen LogP contribution < -0.4 is 4.74 Å². The van der Waals surface area contributed by atoms with E-state index >= 15 is 0 Å². The Bertz CT molecular complexity index is 993. The smallest absolute Gasteiger partial charge is 0.344 e. The monoisotopic (exact) mass is 440 g/mol. The molecule has 3 aromatic carbocycles. The van der Waals surface area contributed by atoms with E-state index in [1.807, 2.05) is 18.2 Å². The second-order valence-electron chi connectivity index (χ2n) is 5.64. The van der Waals surface area contributed by atoms with E-state index in [9.17, 15) is 9.59 Å². The lowest BCUT2D eigenvalue weighted by molar-refractivity contribution is 0.0733. The molecule has 0 unspecified atom stereocenters. The fraction of sp³-hybridized carbons (Fsp3) is 0. The van der Waals surface area contributed by atoms with Gasteiger partial charge in [-0.2, -0.15) is 0 Å². The summed E-state index contributed by atoms with van der Waals surface area (Å²) in [5.74, 6) is -0.244. The second-order valence-corrected chi connectivity index (χ2v) is 6.93. The Morgan fingerprint density at radius 2 is 1.56 bits per heavy atom. The van der Waals surface area contributed by atoms with Gasteiger partial charge in [0.1, 0.15) is 5.75 Å². The molecule has 0 aliphatic heterocycles. The molecule has 27 heavy (non-hydrogen) atoms. The quantitative estimate of drug-likeness (QED) is 0.204. The van der Waals surface area contributed by atoms with Crippen LogP contribution in [0.2, 0.25) is 5.02 Å². The maximum absolute atomic E-state index is 12.3. The number of hydrogen-bond acceptors (Lipinski definition) is 3. The minimum Gasteiger partial charge on any atom is -0.423 e. The minimum atomic E-state index is -0.468. The molecule has 3 rings (SSSR count). The molecular weight excluding hydrogens is 428 g/mol. The molecule has 0 heterocycles. The average Bonchev–Trinajstić information content (AvgIpc) is 2.68. The number of halogens is 2. The zero-order valence-corrected chi connectivity index (χ0v) is 16.4. The molecule has 3 nitrogen and oxygen atoms in total. The van der Waals surface area contributed by atoms with E-state index in [-0.39, 0.29) is 5.78 Å². The number of ether oxygens (including phenoxy) is 1. The van der Waals surface area contributed by atoms with Crippen LogP contribution in [0.4, 0.5) is 0 Å². The first-order valence-electron chi connectivity index (χ1n) is 8.08. The first kappa shape index (κ1) is 19.1. The normalized spacial score (nSPS) is 10.7. The molecule has 0 aliphatic carbocycles. The van der Waals surface area contributed by atoms with E-state index in [0.717, 1.165) is 5.56 Å². The van der Waals surface area contributed by atoms with Gasteiger partial charge in [0.2, 0.25) is 0 Å². The van der Waals surface area contributed by atoms with Crippen LogP contribution in [0.1, 0.15) is 26.3 Å². The van der Waals surface area contributed by atoms with Crippen LogP contribution in [0.5, 0.6) is 5.75 Å². The van der Waals surface area contributed by atoms with E-state index in [2.05, 4.69) is 15.9 Å². The Hall–Kier alpha value is -2.69. The lowest BCUT2D eigenvalue weighted by Crippen LogP contribution is -2.09. The number of carbonyl (C=O) groups is 2. The Labute approximate surface area is 170 Å². The second kappa shape index (κ2) is 8.80. The highest BCUT2D eigenvalue weighted by Crippen LogP contribution is 2.20. The highest BCUT2D eigenvalue weighted by molar-refractivity contribution is 9.10. The minimum absolute atomic E-state index is 0.145. The summed E-state index contributed by atoms with van der Waals surface area (Å²) in [6.07, 6.45) is 3.21. The molecule has 0 fully saturated rings. The number of esters is 1. The van der Waals surface area contributed by atoms with Gasteiger partial charge < -0.3 is 4.74 Å². The van der Waals surface area contributed by atoms with Crippen molar-refractivity contribution in [2.45, 2.75) is 0 Å². The molecule has 0 radical (unpaired) electrons. The summed E-state index contributed by atoms with van der Waals surface area (Å²) < 4.78 is 6.01. The van der Waals surface area contributed by atoms with Crippen molar-refractivity contribution in [3.63, 3.8) is 0 Å². The van der Waals surface area contributed by atoms with Crippen LogP contribution in [0.25, 0.3) is 6.08 Å². The van der Waals surface area contributed by atoms with Crippen LogP contribution in [0.3, 0.4) is 0 Å². The number of benzene rings is 3. The Morgan fingerprint density at radius 3 is 2.22 bits per heavy atom.